The van der Waals surface area contributed by atoms with E-state index in [4.69, 9.17) is 15.2 Å². The van der Waals surface area contributed by atoms with Crippen molar-refractivity contribution in [2.75, 3.05) is 27.3 Å². The van der Waals surface area contributed by atoms with Crippen LogP contribution in [0.3, 0.4) is 0 Å². The van der Waals surface area contributed by atoms with Crippen LogP contribution in [0, 0.1) is 0 Å². The molecule has 0 aliphatic rings. The van der Waals surface area contributed by atoms with Crippen molar-refractivity contribution in [3.05, 3.63) is 53.6 Å². The zero-order valence-corrected chi connectivity index (χ0v) is 17.4. The second-order valence-corrected chi connectivity index (χ2v) is 5.55. The average molecular weight is 471 g/mol. The van der Waals surface area contributed by atoms with Gasteiger partial charge in [0, 0.05) is 13.1 Å². The van der Waals surface area contributed by atoms with E-state index >= 15 is 0 Å². The molecule has 0 bridgehead atoms. The molecule has 0 fully saturated rings. The van der Waals surface area contributed by atoms with Crippen molar-refractivity contribution in [1.82, 2.24) is 5.32 Å². The molecule has 26 heavy (non-hydrogen) atoms. The zero-order chi connectivity index (χ0) is 18.1. The standard InChI is InChI=1S/C19H25N3O3.HI/c1-24-17-8-5-15(13-18(17)25-2)10-12-22-19(20)21-11-9-14-3-6-16(23)7-4-14;/h3-8,13,23H,9-12H2,1-2H3,(H3,20,21,22);1H. The van der Waals surface area contributed by atoms with E-state index in [2.05, 4.69) is 10.3 Å². The summed E-state index contributed by atoms with van der Waals surface area (Å²) in [5.74, 6) is 2.13. The van der Waals surface area contributed by atoms with Crippen molar-refractivity contribution < 1.29 is 14.6 Å². The lowest BCUT2D eigenvalue weighted by molar-refractivity contribution is 0.354. The van der Waals surface area contributed by atoms with Gasteiger partial charge in [0.25, 0.3) is 0 Å². The molecule has 2 aromatic carbocycles. The first-order chi connectivity index (χ1) is 12.1. The Bertz CT molecular complexity index is 706. The lowest BCUT2D eigenvalue weighted by Gasteiger charge is -2.10. The normalized spacial score (nSPS) is 10.8. The van der Waals surface area contributed by atoms with Crippen LogP contribution in [0.15, 0.2) is 47.5 Å². The van der Waals surface area contributed by atoms with Gasteiger partial charge in [-0.05, 0) is 48.2 Å². The Labute approximate surface area is 171 Å². The molecule has 0 saturated heterocycles. The molecule has 0 aliphatic heterocycles. The van der Waals surface area contributed by atoms with Gasteiger partial charge in [0.05, 0.1) is 14.2 Å². The van der Waals surface area contributed by atoms with Crippen LogP contribution in [0.25, 0.3) is 0 Å². The molecular weight excluding hydrogens is 445 g/mol. The first-order valence-electron chi connectivity index (χ1n) is 8.15. The molecule has 0 aliphatic carbocycles. The monoisotopic (exact) mass is 471 g/mol. The summed E-state index contributed by atoms with van der Waals surface area (Å²) in [7, 11) is 3.24. The number of phenolic OH excluding ortho intramolecular Hbond substituents is 1. The molecule has 7 heteroatoms. The molecule has 4 N–H and O–H groups in total. The number of nitrogens with one attached hydrogen (secondary N) is 1. The third kappa shape index (κ3) is 6.99. The van der Waals surface area contributed by atoms with Crippen LogP contribution < -0.4 is 20.5 Å². The third-order valence-electron chi connectivity index (χ3n) is 3.79. The largest absolute Gasteiger partial charge is 0.508 e. The van der Waals surface area contributed by atoms with Gasteiger partial charge in [0.2, 0.25) is 0 Å². The molecule has 0 atom stereocenters. The number of aromatic hydroxyl groups is 1. The molecule has 2 rings (SSSR count). The second kappa shape index (κ2) is 11.5. The summed E-state index contributed by atoms with van der Waals surface area (Å²) in [4.78, 5) is 4.31. The van der Waals surface area contributed by atoms with E-state index in [9.17, 15) is 5.11 Å². The van der Waals surface area contributed by atoms with E-state index in [0.717, 1.165) is 35.5 Å². The average Bonchev–Trinajstić information content (AvgIpc) is 2.63. The minimum absolute atomic E-state index is 0. The summed E-state index contributed by atoms with van der Waals surface area (Å²) in [6.07, 6.45) is 1.58. The number of rotatable bonds is 8. The van der Waals surface area contributed by atoms with E-state index < -0.39 is 0 Å². The topological polar surface area (TPSA) is 89.1 Å². The van der Waals surface area contributed by atoms with Crippen molar-refractivity contribution in [3.8, 4) is 17.2 Å². The molecule has 6 nitrogen and oxygen atoms in total. The Morgan fingerprint density at radius 1 is 1.00 bits per heavy atom. The van der Waals surface area contributed by atoms with Crippen LogP contribution in [0.4, 0.5) is 0 Å². The molecule has 0 amide bonds. The Kier molecular flexibility index (Phi) is 9.64. The highest BCUT2D eigenvalue weighted by Crippen LogP contribution is 2.27. The Hall–Kier alpha value is -2.16. The lowest BCUT2D eigenvalue weighted by Crippen LogP contribution is -2.33. The highest BCUT2D eigenvalue weighted by atomic mass is 127. The van der Waals surface area contributed by atoms with Crippen LogP contribution in [0.5, 0.6) is 17.2 Å². The fraction of sp³-hybridized carbons (Fsp3) is 0.316. The second-order valence-electron chi connectivity index (χ2n) is 5.55. The minimum atomic E-state index is 0. The van der Waals surface area contributed by atoms with Crippen molar-refractivity contribution in [2.45, 2.75) is 12.8 Å². The number of aliphatic imine (C=N–C) groups is 1. The number of nitrogens with zero attached hydrogens (tertiary/aromatic N) is 1. The molecule has 0 spiro atoms. The van der Waals surface area contributed by atoms with Crippen molar-refractivity contribution >= 4 is 29.9 Å². The number of nitrogens with two attached hydrogens (primary N) is 1. The van der Waals surface area contributed by atoms with Gasteiger partial charge in [-0.3, -0.25) is 4.99 Å². The van der Waals surface area contributed by atoms with E-state index in [1.165, 1.54) is 0 Å². The summed E-state index contributed by atoms with van der Waals surface area (Å²) < 4.78 is 10.5. The van der Waals surface area contributed by atoms with Crippen molar-refractivity contribution in [3.63, 3.8) is 0 Å². The van der Waals surface area contributed by atoms with Crippen molar-refractivity contribution in [2.24, 2.45) is 10.7 Å². The minimum Gasteiger partial charge on any atom is -0.508 e. The summed E-state index contributed by atoms with van der Waals surface area (Å²) >= 11 is 0. The van der Waals surface area contributed by atoms with Crippen LogP contribution >= 0.6 is 24.0 Å². The number of ether oxygens (including phenoxy) is 2. The number of guanidine groups is 1. The molecule has 0 saturated carbocycles. The lowest BCUT2D eigenvalue weighted by atomic mass is 10.1. The number of phenols is 1. The molecule has 0 aromatic heterocycles. The van der Waals surface area contributed by atoms with E-state index in [1.807, 2.05) is 30.3 Å². The fourth-order valence-electron chi connectivity index (χ4n) is 2.40. The van der Waals surface area contributed by atoms with Gasteiger partial charge < -0.3 is 25.6 Å². The zero-order valence-electron chi connectivity index (χ0n) is 15.1. The van der Waals surface area contributed by atoms with Crippen LogP contribution in [-0.2, 0) is 12.8 Å². The van der Waals surface area contributed by atoms with Gasteiger partial charge in [-0.2, -0.15) is 0 Å². The Balaban J connectivity index is 0.00000338. The predicted molar refractivity (Wildman–Crippen MR) is 115 cm³/mol. The fourth-order valence-corrected chi connectivity index (χ4v) is 2.40. The number of hydrogen-bond acceptors (Lipinski definition) is 4. The third-order valence-corrected chi connectivity index (χ3v) is 3.79. The van der Waals surface area contributed by atoms with Gasteiger partial charge in [-0.1, -0.05) is 18.2 Å². The molecular formula is C19H26IN3O3. The molecule has 0 heterocycles. The summed E-state index contributed by atoms with van der Waals surface area (Å²) in [6, 6.07) is 13.0. The summed E-state index contributed by atoms with van der Waals surface area (Å²) in [5, 5.41) is 12.4. The number of methoxy groups -OCH3 is 2. The number of benzene rings is 2. The predicted octanol–water partition coefficient (Wildman–Crippen LogP) is 2.72. The Morgan fingerprint density at radius 3 is 2.31 bits per heavy atom. The maximum atomic E-state index is 9.25. The Morgan fingerprint density at radius 2 is 1.65 bits per heavy atom. The smallest absolute Gasteiger partial charge is 0.188 e. The van der Waals surface area contributed by atoms with E-state index in [0.29, 0.717) is 19.0 Å². The number of hydrogen-bond donors (Lipinski definition) is 3. The quantitative estimate of drug-likeness (QED) is 0.313. The highest BCUT2D eigenvalue weighted by Gasteiger charge is 2.04. The first-order valence-corrected chi connectivity index (χ1v) is 8.15. The van der Waals surface area contributed by atoms with Crippen LogP contribution in [0.2, 0.25) is 0 Å². The molecule has 0 radical (unpaired) electrons. The van der Waals surface area contributed by atoms with Crippen LogP contribution in [-0.4, -0.2) is 38.4 Å². The maximum absolute atomic E-state index is 9.25. The van der Waals surface area contributed by atoms with Gasteiger partial charge >= 0.3 is 0 Å². The van der Waals surface area contributed by atoms with E-state index in [-0.39, 0.29) is 29.7 Å². The summed E-state index contributed by atoms with van der Waals surface area (Å²) in [6.45, 7) is 1.28. The molecule has 2 aromatic rings. The van der Waals surface area contributed by atoms with Gasteiger partial charge in [-0.25, -0.2) is 0 Å². The molecule has 0 unspecified atom stereocenters. The first kappa shape index (κ1) is 21.9. The van der Waals surface area contributed by atoms with Crippen LogP contribution in [0.1, 0.15) is 11.1 Å². The van der Waals surface area contributed by atoms with Gasteiger partial charge in [-0.15, -0.1) is 24.0 Å². The maximum Gasteiger partial charge on any atom is 0.188 e. The number of halogens is 1. The van der Waals surface area contributed by atoms with Crippen molar-refractivity contribution in [1.29, 1.82) is 0 Å². The molecule has 142 valence electrons. The van der Waals surface area contributed by atoms with Gasteiger partial charge in [0.15, 0.2) is 17.5 Å². The SMILES string of the molecule is COc1ccc(CCNC(N)=NCCc2ccc(O)cc2)cc1OC.I. The highest BCUT2D eigenvalue weighted by molar-refractivity contribution is 14.0. The van der Waals surface area contributed by atoms with E-state index in [1.54, 1.807) is 26.4 Å². The summed E-state index contributed by atoms with van der Waals surface area (Å²) in [5.41, 5.74) is 8.12. The van der Waals surface area contributed by atoms with Gasteiger partial charge in [0.1, 0.15) is 5.75 Å².